The molecule has 2 amide bonds. The van der Waals surface area contributed by atoms with Gasteiger partial charge in [0.1, 0.15) is 12.4 Å². The highest BCUT2D eigenvalue weighted by molar-refractivity contribution is 7.11. The summed E-state index contributed by atoms with van der Waals surface area (Å²) in [5.74, 6) is -0.439. The van der Waals surface area contributed by atoms with Crippen molar-refractivity contribution in [1.82, 2.24) is 9.80 Å². The van der Waals surface area contributed by atoms with Crippen molar-refractivity contribution in [3.05, 3.63) is 57.5 Å². The number of aryl methyl sites for hydroxylation is 1. The Hall–Kier alpha value is -2.21. The van der Waals surface area contributed by atoms with E-state index in [0.717, 1.165) is 36.1 Å². The second kappa shape index (κ2) is 10.9. The third-order valence-electron chi connectivity index (χ3n) is 5.88. The second-order valence-electron chi connectivity index (χ2n) is 8.80. The topological polar surface area (TPSA) is 40.6 Å². The van der Waals surface area contributed by atoms with Crippen LogP contribution in [-0.4, -0.2) is 34.2 Å². The lowest BCUT2D eigenvalue weighted by atomic mass is 9.93. The number of carbonyl (C=O) groups excluding carboxylic acids is 2. The molecule has 0 aliphatic heterocycles. The summed E-state index contributed by atoms with van der Waals surface area (Å²) >= 11 is 1.67. The van der Waals surface area contributed by atoms with Crippen LogP contribution in [0, 0.1) is 18.7 Å². The van der Waals surface area contributed by atoms with Gasteiger partial charge in [0.15, 0.2) is 0 Å². The summed E-state index contributed by atoms with van der Waals surface area (Å²) in [6, 6.07) is 10.5. The highest BCUT2D eigenvalue weighted by Gasteiger charge is 2.30. The first-order chi connectivity index (χ1) is 14.8. The van der Waals surface area contributed by atoms with Gasteiger partial charge in [-0.15, -0.1) is 11.3 Å². The van der Waals surface area contributed by atoms with E-state index in [-0.39, 0.29) is 36.1 Å². The van der Waals surface area contributed by atoms with Crippen LogP contribution in [0.15, 0.2) is 36.4 Å². The lowest BCUT2D eigenvalue weighted by Gasteiger charge is -2.36. The number of hydrogen-bond donors (Lipinski definition) is 0. The van der Waals surface area contributed by atoms with Crippen LogP contribution in [0.5, 0.6) is 0 Å². The van der Waals surface area contributed by atoms with Crippen molar-refractivity contribution in [2.75, 3.05) is 6.54 Å². The van der Waals surface area contributed by atoms with Gasteiger partial charge in [-0.2, -0.15) is 0 Å². The third-order valence-corrected chi connectivity index (χ3v) is 6.87. The van der Waals surface area contributed by atoms with Gasteiger partial charge in [-0.05, 0) is 49.6 Å². The monoisotopic (exact) mass is 444 g/mol. The van der Waals surface area contributed by atoms with Crippen LogP contribution in [0.4, 0.5) is 4.39 Å². The van der Waals surface area contributed by atoms with Crippen molar-refractivity contribution in [2.24, 2.45) is 5.92 Å². The van der Waals surface area contributed by atoms with E-state index in [2.05, 4.69) is 6.07 Å². The summed E-state index contributed by atoms with van der Waals surface area (Å²) < 4.78 is 13.4. The molecule has 4 nitrogen and oxygen atoms in total. The molecular formula is C25H33FN2O2S. The maximum atomic E-state index is 13.5. The van der Waals surface area contributed by atoms with Crippen LogP contribution in [0.3, 0.4) is 0 Å². The Morgan fingerprint density at radius 3 is 2.29 bits per heavy atom. The molecule has 168 valence electrons. The zero-order valence-electron chi connectivity index (χ0n) is 18.8. The first kappa shape index (κ1) is 23.5. The molecule has 0 N–H and O–H groups in total. The molecule has 0 unspecified atom stereocenters. The maximum absolute atomic E-state index is 13.5. The first-order valence-corrected chi connectivity index (χ1v) is 12.0. The molecule has 1 aliphatic carbocycles. The molecule has 2 aromatic rings. The maximum Gasteiger partial charge on any atom is 0.242 e. The van der Waals surface area contributed by atoms with Crippen molar-refractivity contribution in [1.29, 1.82) is 0 Å². The minimum Gasteiger partial charge on any atom is -0.332 e. The van der Waals surface area contributed by atoms with E-state index in [1.807, 2.05) is 31.7 Å². The van der Waals surface area contributed by atoms with Gasteiger partial charge in [0, 0.05) is 28.3 Å². The van der Waals surface area contributed by atoms with Crippen LogP contribution >= 0.6 is 11.3 Å². The summed E-state index contributed by atoms with van der Waals surface area (Å²) in [4.78, 5) is 32.4. The summed E-state index contributed by atoms with van der Waals surface area (Å²) in [6.45, 7) is 6.83. The molecule has 31 heavy (non-hydrogen) atoms. The van der Waals surface area contributed by atoms with E-state index in [1.165, 1.54) is 23.4 Å². The fourth-order valence-corrected chi connectivity index (χ4v) is 5.06. The largest absolute Gasteiger partial charge is 0.332 e. The molecule has 1 heterocycles. The Bertz CT molecular complexity index is 872. The van der Waals surface area contributed by atoms with E-state index in [4.69, 9.17) is 0 Å². The predicted octanol–water partition coefficient (Wildman–Crippen LogP) is 5.54. The Labute approximate surface area is 189 Å². The molecule has 1 aromatic heterocycles. The van der Waals surface area contributed by atoms with E-state index < -0.39 is 0 Å². The van der Waals surface area contributed by atoms with Crippen molar-refractivity contribution in [2.45, 2.75) is 72.0 Å². The summed E-state index contributed by atoms with van der Waals surface area (Å²) in [6.07, 6.45) is 5.34. The van der Waals surface area contributed by atoms with E-state index in [0.29, 0.717) is 13.1 Å². The van der Waals surface area contributed by atoms with Gasteiger partial charge in [0.05, 0.1) is 6.54 Å². The van der Waals surface area contributed by atoms with Crippen LogP contribution < -0.4 is 0 Å². The Morgan fingerprint density at radius 1 is 1.03 bits per heavy atom. The van der Waals surface area contributed by atoms with E-state index in [1.54, 1.807) is 28.4 Å². The zero-order chi connectivity index (χ0) is 22.4. The molecule has 3 rings (SSSR count). The lowest BCUT2D eigenvalue weighted by Crippen LogP contribution is -2.49. The number of halogens is 1. The molecule has 1 aliphatic rings. The molecule has 1 fully saturated rings. The van der Waals surface area contributed by atoms with Gasteiger partial charge in [-0.1, -0.05) is 45.2 Å². The van der Waals surface area contributed by atoms with Gasteiger partial charge >= 0.3 is 0 Å². The molecule has 6 heteroatoms. The summed E-state index contributed by atoms with van der Waals surface area (Å²) in [5.41, 5.74) is 0.877. The van der Waals surface area contributed by atoms with Gasteiger partial charge in [-0.25, -0.2) is 4.39 Å². The molecule has 0 spiro atoms. The molecule has 1 saturated carbocycles. The second-order valence-corrected chi connectivity index (χ2v) is 10.2. The number of carbonyl (C=O) groups is 2. The van der Waals surface area contributed by atoms with Crippen molar-refractivity contribution in [3.63, 3.8) is 0 Å². The highest BCUT2D eigenvalue weighted by Crippen LogP contribution is 2.25. The molecule has 0 atom stereocenters. The summed E-state index contributed by atoms with van der Waals surface area (Å²) in [5, 5.41) is 0. The quantitative estimate of drug-likeness (QED) is 0.536. The third kappa shape index (κ3) is 6.63. The van der Waals surface area contributed by atoms with Gasteiger partial charge in [0.2, 0.25) is 11.8 Å². The normalized spacial score (nSPS) is 14.6. The number of benzene rings is 1. The molecule has 0 saturated heterocycles. The van der Waals surface area contributed by atoms with Crippen molar-refractivity contribution in [3.8, 4) is 0 Å². The highest BCUT2D eigenvalue weighted by atomic mass is 32.1. The average molecular weight is 445 g/mol. The lowest BCUT2D eigenvalue weighted by molar-refractivity contribution is -0.145. The zero-order valence-corrected chi connectivity index (χ0v) is 19.6. The smallest absolute Gasteiger partial charge is 0.242 e. The predicted molar refractivity (Wildman–Crippen MR) is 123 cm³/mol. The molecule has 0 radical (unpaired) electrons. The van der Waals surface area contributed by atoms with Crippen LogP contribution in [0.2, 0.25) is 0 Å². The Kier molecular flexibility index (Phi) is 8.24. The standard InChI is InChI=1S/C25H33FN2O2S/c1-18(2)25(30)28(22-7-5-4-6-8-22)17-24(29)27(16-23-14-9-19(3)31-23)15-20-10-12-21(26)13-11-20/h9-14,18,22H,4-8,15-17H2,1-3H3. The van der Waals surface area contributed by atoms with Crippen LogP contribution in [0.25, 0.3) is 0 Å². The van der Waals surface area contributed by atoms with Gasteiger partial charge in [0.25, 0.3) is 0 Å². The number of amides is 2. The fourth-order valence-electron chi connectivity index (χ4n) is 4.16. The first-order valence-electron chi connectivity index (χ1n) is 11.2. The van der Waals surface area contributed by atoms with Crippen molar-refractivity contribution < 1.29 is 14.0 Å². The van der Waals surface area contributed by atoms with Crippen LogP contribution in [-0.2, 0) is 22.7 Å². The average Bonchev–Trinajstić information content (AvgIpc) is 3.17. The summed E-state index contributed by atoms with van der Waals surface area (Å²) in [7, 11) is 0. The Balaban J connectivity index is 1.80. The fraction of sp³-hybridized carbons (Fsp3) is 0.520. The Morgan fingerprint density at radius 2 is 1.71 bits per heavy atom. The molecule has 1 aromatic carbocycles. The molecule has 0 bridgehead atoms. The number of rotatable bonds is 8. The minimum atomic E-state index is -0.290. The SMILES string of the molecule is Cc1ccc(CN(Cc2ccc(F)cc2)C(=O)CN(C(=O)C(C)C)C2CCCCC2)s1. The van der Waals surface area contributed by atoms with Crippen LogP contribution in [0.1, 0.15) is 61.3 Å². The number of hydrogen-bond acceptors (Lipinski definition) is 3. The number of nitrogens with zero attached hydrogens (tertiary/aromatic N) is 2. The van der Waals surface area contributed by atoms with Gasteiger partial charge in [-0.3, -0.25) is 9.59 Å². The van der Waals surface area contributed by atoms with Crippen molar-refractivity contribution >= 4 is 23.2 Å². The van der Waals surface area contributed by atoms with E-state index >= 15 is 0 Å². The number of thiophene rings is 1. The van der Waals surface area contributed by atoms with E-state index in [9.17, 15) is 14.0 Å². The minimum absolute atomic E-state index is 0.0500. The molecular weight excluding hydrogens is 411 g/mol. The van der Waals surface area contributed by atoms with Gasteiger partial charge < -0.3 is 9.80 Å².